The lowest BCUT2D eigenvalue weighted by atomic mass is 9.71. The first-order valence-electron chi connectivity index (χ1n) is 7.66. The molecule has 114 valence electrons. The maximum absolute atomic E-state index is 11.0. The van der Waals surface area contributed by atoms with Gasteiger partial charge in [-0.1, -0.05) is 25.0 Å². The van der Waals surface area contributed by atoms with Gasteiger partial charge in [0.15, 0.2) is 6.10 Å². The second-order valence-electron chi connectivity index (χ2n) is 6.74. The Kier molecular flexibility index (Phi) is 4.86. The summed E-state index contributed by atoms with van der Waals surface area (Å²) in [6.45, 7) is 9.77. The number of nitrogens with zero attached hydrogens (tertiary/aromatic N) is 1. The Morgan fingerprint density at radius 1 is 1.50 bits per heavy atom. The summed E-state index contributed by atoms with van der Waals surface area (Å²) in [5.41, 5.74) is 3.44. The highest BCUT2D eigenvalue weighted by Gasteiger charge is 2.30. The largest absolute Gasteiger partial charge is 0.479 e. The highest BCUT2D eigenvalue weighted by molar-refractivity contribution is 5.72. The van der Waals surface area contributed by atoms with E-state index in [0.29, 0.717) is 18.6 Å². The van der Waals surface area contributed by atoms with Crippen LogP contribution in [0.5, 0.6) is 0 Å². The molecule has 1 N–H and O–H groups in total. The number of hydrogen-bond acceptors (Lipinski definition) is 3. The smallest absolute Gasteiger partial charge is 0.334 e. The molecule has 1 aliphatic carbocycles. The Morgan fingerprint density at radius 3 is 2.90 bits per heavy atom. The lowest BCUT2D eigenvalue weighted by Gasteiger charge is -2.37. The fraction of sp³-hybridized carbons (Fsp3) is 0.812. The molecule has 0 unspecified atom stereocenters. The van der Waals surface area contributed by atoms with Crippen LogP contribution in [-0.4, -0.2) is 48.3 Å². The molecule has 1 heterocycles. The van der Waals surface area contributed by atoms with Crippen molar-refractivity contribution < 1.29 is 14.6 Å². The average Bonchev–Trinajstić information content (AvgIpc) is 2.37. The zero-order valence-electron chi connectivity index (χ0n) is 12.9. The molecule has 0 aromatic carbocycles. The van der Waals surface area contributed by atoms with Crippen LogP contribution in [0, 0.1) is 5.41 Å². The molecule has 4 nitrogen and oxygen atoms in total. The van der Waals surface area contributed by atoms with Crippen molar-refractivity contribution in [3.8, 4) is 0 Å². The van der Waals surface area contributed by atoms with Gasteiger partial charge in [-0.05, 0) is 38.0 Å². The molecule has 2 aliphatic rings. The molecule has 0 spiro atoms. The Bertz CT molecular complexity index is 401. The first-order valence-corrected chi connectivity index (χ1v) is 7.66. The minimum atomic E-state index is -0.844. The standard InChI is InChI=1S/C16H27NO3/c1-12-5-4-7-16(2,3)13(12)6-8-17-9-10-20-14(11-17)15(18)19/h14H,4-11H2,1-3H3,(H,18,19)/t14-/m0/s1. The summed E-state index contributed by atoms with van der Waals surface area (Å²) >= 11 is 0. The minimum absolute atomic E-state index is 0.306. The van der Waals surface area contributed by atoms with Crippen molar-refractivity contribution in [2.24, 2.45) is 5.41 Å². The molecule has 20 heavy (non-hydrogen) atoms. The number of aliphatic carboxylic acids is 1. The monoisotopic (exact) mass is 281 g/mol. The summed E-state index contributed by atoms with van der Waals surface area (Å²) in [7, 11) is 0. The van der Waals surface area contributed by atoms with E-state index in [1.54, 1.807) is 11.1 Å². The summed E-state index contributed by atoms with van der Waals surface area (Å²) in [4.78, 5) is 13.2. The van der Waals surface area contributed by atoms with E-state index in [4.69, 9.17) is 9.84 Å². The van der Waals surface area contributed by atoms with Crippen molar-refractivity contribution in [2.45, 2.75) is 52.6 Å². The number of rotatable bonds is 4. The van der Waals surface area contributed by atoms with Crippen molar-refractivity contribution in [2.75, 3.05) is 26.2 Å². The number of carboxylic acids is 1. The van der Waals surface area contributed by atoms with E-state index in [0.717, 1.165) is 19.5 Å². The van der Waals surface area contributed by atoms with Gasteiger partial charge < -0.3 is 9.84 Å². The van der Waals surface area contributed by atoms with E-state index < -0.39 is 12.1 Å². The third kappa shape index (κ3) is 3.61. The van der Waals surface area contributed by atoms with Crippen LogP contribution in [0.2, 0.25) is 0 Å². The Labute approximate surface area is 121 Å². The highest BCUT2D eigenvalue weighted by atomic mass is 16.5. The van der Waals surface area contributed by atoms with Crippen LogP contribution in [-0.2, 0) is 9.53 Å². The second kappa shape index (κ2) is 6.27. The van der Waals surface area contributed by atoms with Crippen molar-refractivity contribution in [1.82, 2.24) is 4.90 Å². The van der Waals surface area contributed by atoms with E-state index in [9.17, 15) is 4.79 Å². The van der Waals surface area contributed by atoms with Crippen LogP contribution in [0.15, 0.2) is 11.1 Å². The molecule has 0 saturated carbocycles. The van der Waals surface area contributed by atoms with Gasteiger partial charge in [0.2, 0.25) is 0 Å². The zero-order chi connectivity index (χ0) is 14.8. The summed E-state index contributed by atoms with van der Waals surface area (Å²) in [6.07, 6.45) is 4.19. The number of carbonyl (C=O) groups is 1. The predicted octanol–water partition coefficient (Wildman–Crippen LogP) is 2.69. The fourth-order valence-electron chi connectivity index (χ4n) is 3.55. The van der Waals surface area contributed by atoms with Crippen molar-refractivity contribution in [1.29, 1.82) is 0 Å². The molecule has 0 aromatic heterocycles. The zero-order valence-corrected chi connectivity index (χ0v) is 12.9. The van der Waals surface area contributed by atoms with Crippen molar-refractivity contribution in [3.63, 3.8) is 0 Å². The lowest BCUT2D eigenvalue weighted by molar-refractivity contribution is -0.156. The number of ether oxygens (including phenoxy) is 1. The van der Waals surface area contributed by atoms with Gasteiger partial charge in [0.1, 0.15) is 0 Å². The van der Waals surface area contributed by atoms with Crippen LogP contribution in [0.4, 0.5) is 0 Å². The normalized spacial score (nSPS) is 27.6. The lowest BCUT2D eigenvalue weighted by Crippen LogP contribution is -2.46. The van der Waals surface area contributed by atoms with Crippen LogP contribution in [0.1, 0.15) is 46.5 Å². The summed E-state index contributed by atoms with van der Waals surface area (Å²) in [6, 6.07) is 0. The molecule has 1 fully saturated rings. The van der Waals surface area contributed by atoms with Gasteiger partial charge in [-0.15, -0.1) is 0 Å². The molecule has 1 aliphatic heterocycles. The Hall–Kier alpha value is -0.870. The van der Waals surface area contributed by atoms with Crippen LogP contribution in [0.3, 0.4) is 0 Å². The van der Waals surface area contributed by atoms with E-state index in [1.165, 1.54) is 19.3 Å². The van der Waals surface area contributed by atoms with E-state index in [2.05, 4.69) is 25.7 Å². The molecular formula is C16H27NO3. The molecule has 1 saturated heterocycles. The molecule has 4 heteroatoms. The quantitative estimate of drug-likeness (QED) is 0.805. The number of carboxylic acid groups (broad SMARTS) is 1. The fourth-order valence-corrected chi connectivity index (χ4v) is 3.55. The molecular weight excluding hydrogens is 254 g/mol. The van der Waals surface area contributed by atoms with Crippen molar-refractivity contribution in [3.05, 3.63) is 11.1 Å². The van der Waals surface area contributed by atoms with Crippen LogP contribution >= 0.6 is 0 Å². The third-order valence-electron chi connectivity index (χ3n) is 4.79. The number of allylic oxidation sites excluding steroid dienone is 1. The SMILES string of the molecule is CC1=C(CCN2CCO[C@H](C(=O)O)C2)C(C)(C)CCC1. The predicted molar refractivity (Wildman–Crippen MR) is 78.8 cm³/mol. The maximum atomic E-state index is 11.0. The van der Waals surface area contributed by atoms with E-state index >= 15 is 0 Å². The molecule has 0 bridgehead atoms. The van der Waals surface area contributed by atoms with E-state index in [-0.39, 0.29) is 0 Å². The number of morpholine rings is 1. The van der Waals surface area contributed by atoms with E-state index in [1.807, 2.05) is 0 Å². The molecule has 0 radical (unpaired) electrons. The summed E-state index contributed by atoms with van der Waals surface area (Å²) in [5.74, 6) is -0.844. The van der Waals surface area contributed by atoms with Crippen molar-refractivity contribution >= 4 is 5.97 Å². The molecule has 2 rings (SSSR count). The Morgan fingerprint density at radius 2 is 2.25 bits per heavy atom. The van der Waals surface area contributed by atoms with Crippen LogP contribution in [0.25, 0.3) is 0 Å². The first kappa shape index (κ1) is 15.5. The average molecular weight is 281 g/mol. The molecule has 1 atom stereocenters. The first-order chi connectivity index (χ1) is 9.40. The van der Waals surface area contributed by atoms with Gasteiger partial charge in [0.25, 0.3) is 0 Å². The minimum Gasteiger partial charge on any atom is -0.479 e. The summed E-state index contributed by atoms with van der Waals surface area (Å²) < 4.78 is 5.27. The van der Waals surface area contributed by atoms with Gasteiger partial charge in [0, 0.05) is 19.6 Å². The van der Waals surface area contributed by atoms with Gasteiger partial charge in [-0.2, -0.15) is 0 Å². The maximum Gasteiger partial charge on any atom is 0.334 e. The van der Waals surface area contributed by atoms with Gasteiger partial charge in [-0.25, -0.2) is 4.79 Å². The molecule has 0 aromatic rings. The van der Waals surface area contributed by atoms with Gasteiger partial charge >= 0.3 is 5.97 Å². The topological polar surface area (TPSA) is 49.8 Å². The van der Waals surface area contributed by atoms with Gasteiger partial charge in [0.05, 0.1) is 6.61 Å². The Balaban J connectivity index is 1.93. The second-order valence-corrected chi connectivity index (χ2v) is 6.74. The number of hydrogen-bond donors (Lipinski definition) is 1. The molecule has 0 amide bonds. The summed E-state index contributed by atoms with van der Waals surface area (Å²) in [5, 5.41) is 9.04. The van der Waals surface area contributed by atoms with Gasteiger partial charge in [-0.3, -0.25) is 4.90 Å². The van der Waals surface area contributed by atoms with Crippen LogP contribution < -0.4 is 0 Å². The third-order valence-corrected chi connectivity index (χ3v) is 4.79. The highest BCUT2D eigenvalue weighted by Crippen LogP contribution is 2.41.